The molecule has 2 unspecified atom stereocenters. The molecule has 0 aliphatic rings. The summed E-state index contributed by atoms with van der Waals surface area (Å²) in [4.78, 5) is 0. The first-order valence-electron chi connectivity index (χ1n) is 7.46. The maximum atomic E-state index is 4.71. The molecule has 0 saturated heterocycles. The van der Waals surface area contributed by atoms with Crippen molar-refractivity contribution >= 4 is 31.9 Å². The highest BCUT2D eigenvalue weighted by atomic mass is 79.9. The molecular formula is C17H22Br2N2. The second-order valence-corrected chi connectivity index (χ2v) is 7.16. The Hall–Kier alpha value is -0.610. The highest BCUT2D eigenvalue weighted by molar-refractivity contribution is 9.10. The Balaban J connectivity index is 1.98. The van der Waals surface area contributed by atoms with Gasteiger partial charge in [0.15, 0.2) is 0 Å². The molecule has 0 amide bonds. The van der Waals surface area contributed by atoms with E-state index in [-0.39, 0.29) is 0 Å². The summed E-state index contributed by atoms with van der Waals surface area (Å²) in [5.41, 5.74) is 2.57. The van der Waals surface area contributed by atoms with Crippen LogP contribution in [0.2, 0.25) is 0 Å². The van der Waals surface area contributed by atoms with Crippen LogP contribution in [-0.2, 0) is 12.8 Å². The van der Waals surface area contributed by atoms with E-state index in [2.05, 4.69) is 86.9 Å². The van der Waals surface area contributed by atoms with E-state index in [1.165, 1.54) is 11.3 Å². The summed E-state index contributed by atoms with van der Waals surface area (Å²) in [5, 5.41) is 5.71. The van der Waals surface area contributed by atoms with Gasteiger partial charge in [0.05, 0.1) is 5.69 Å². The zero-order valence-electron chi connectivity index (χ0n) is 12.6. The molecule has 0 radical (unpaired) electrons. The lowest BCUT2D eigenvalue weighted by atomic mass is 9.97. The van der Waals surface area contributed by atoms with Gasteiger partial charge >= 0.3 is 0 Å². The second kappa shape index (κ2) is 8.14. The average Bonchev–Trinajstić information content (AvgIpc) is 2.96. The largest absolute Gasteiger partial charge is 0.270 e. The fourth-order valence-corrected chi connectivity index (χ4v) is 3.07. The van der Waals surface area contributed by atoms with Crippen LogP contribution in [0.3, 0.4) is 0 Å². The number of rotatable bonds is 7. The summed E-state index contributed by atoms with van der Waals surface area (Å²) >= 11 is 7.13. The Morgan fingerprint density at radius 1 is 1.14 bits per heavy atom. The Labute approximate surface area is 144 Å². The van der Waals surface area contributed by atoms with E-state index in [1.54, 1.807) is 0 Å². The quantitative estimate of drug-likeness (QED) is 0.554. The molecule has 0 aliphatic heterocycles. The molecule has 1 aromatic carbocycles. The van der Waals surface area contributed by atoms with E-state index >= 15 is 0 Å². The van der Waals surface area contributed by atoms with Crippen LogP contribution in [-0.4, -0.2) is 15.1 Å². The molecule has 2 nitrogen and oxygen atoms in total. The minimum atomic E-state index is 0.479. The first-order valence-corrected chi connectivity index (χ1v) is 9.38. The predicted octanol–water partition coefficient (Wildman–Crippen LogP) is 5.41. The van der Waals surface area contributed by atoms with Crippen LogP contribution in [0, 0.1) is 5.92 Å². The van der Waals surface area contributed by atoms with Crippen molar-refractivity contribution in [1.82, 2.24) is 9.78 Å². The normalized spacial score (nSPS) is 14.1. The average molecular weight is 414 g/mol. The third-order valence-corrected chi connectivity index (χ3v) is 5.30. The lowest BCUT2D eigenvalue weighted by Gasteiger charge is -2.13. The van der Waals surface area contributed by atoms with Crippen molar-refractivity contribution in [3.05, 3.63) is 52.3 Å². The maximum Gasteiger partial charge on any atom is 0.0627 e. The topological polar surface area (TPSA) is 17.8 Å². The molecule has 1 aromatic heterocycles. The van der Waals surface area contributed by atoms with Gasteiger partial charge in [-0.1, -0.05) is 50.9 Å². The van der Waals surface area contributed by atoms with E-state index in [0.717, 1.165) is 29.1 Å². The fourth-order valence-electron chi connectivity index (χ4n) is 2.35. The number of halogens is 2. The molecule has 1 heterocycles. The van der Waals surface area contributed by atoms with Gasteiger partial charge in [-0.05, 0) is 55.9 Å². The highest BCUT2D eigenvalue weighted by Gasteiger charge is 2.12. The van der Waals surface area contributed by atoms with E-state index in [0.29, 0.717) is 12.0 Å². The lowest BCUT2D eigenvalue weighted by Crippen LogP contribution is -2.11. The Morgan fingerprint density at radius 2 is 1.86 bits per heavy atom. The van der Waals surface area contributed by atoms with Gasteiger partial charge < -0.3 is 0 Å². The zero-order valence-corrected chi connectivity index (χ0v) is 15.8. The van der Waals surface area contributed by atoms with Crippen molar-refractivity contribution < 1.29 is 0 Å². The molecule has 0 fully saturated rings. The van der Waals surface area contributed by atoms with Crippen LogP contribution in [0.1, 0.15) is 37.6 Å². The molecule has 2 aromatic rings. The van der Waals surface area contributed by atoms with Crippen molar-refractivity contribution in [3.8, 4) is 0 Å². The van der Waals surface area contributed by atoms with Gasteiger partial charge in [-0.3, -0.25) is 4.68 Å². The van der Waals surface area contributed by atoms with Gasteiger partial charge in [0.1, 0.15) is 0 Å². The molecule has 0 N–H and O–H groups in total. The number of benzene rings is 1. The van der Waals surface area contributed by atoms with Crippen LogP contribution >= 0.6 is 31.9 Å². The smallest absolute Gasteiger partial charge is 0.0627 e. The number of hydrogen-bond acceptors (Lipinski definition) is 1. The van der Waals surface area contributed by atoms with Gasteiger partial charge in [0.2, 0.25) is 0 Å². The first kappa shape index (κ1) is 16.8. The van der Waals surface area contributed by atoms with Crippen molar-refractivity contribution in [2.24, 2.45) is 5.92 Å². The van der Waals surface area contributed by atoms with Gasteiger partial charge in [-0.15, -0.1) is 0 Å². The SMILES string of the molecule is CCC(C)n1ccc(CC(CBr)Cc2ccc(Br)cc2)n1. The third kappa shape index (κ3) is 4.96. The van der Waals surface area contributed by atoms with Gasteiger partial charge in [0.25, 0.3) is 0 Å². The summed E-state index contributed by atoms with van der Waals surface area (Å²) in [6.45, 7) is 4.40. The monoisotopic (exact) mass is 412 g/mol. The minimum Gasteiger partial charge on any atom is -0.270 e. The molecule has 4 heteroatoms. The van der Waals surface area contributed by atoms with Crippen LogP contribution in [0.15, 0.2) is 41.0 Å². The zero-order chi connectivity index (χ0) is 15.2. The van der Waals surface area contributed by atoms with Crippen LogP contribution < -0.4 is 0 Å². The second-order valence-electron chi connectivity index (χ2n) is 5.60. The summed E-state index contributed by atoms with van der Waals surface area (Å²) in [6, 6.07) is 11.2. The summed E-state index contributed by atoms with van der Waals surface area (Å²) in [5.74, 6) is 0.575. The molecule has 0 bridgehead atoms. The number of nitrogens with zero attached hydrogens (tertiary/aromatic N) is 2. The summed E-state index contributed by atoms with van der Waals surface area (Å²) in [7, 11) is 0. The third-order valence-electron chi connectivity index (χ3n) is 3.86. The number of alkyl halides is 1. The molecule has 0 saturated carbocycles. The molecule has 114 valence electrons. The Bertz CT molecular complexity index is 548. The van der Waals surface area contributed by atoms with Crippen molar-refractivity contribution in [1.29, 1.82) is 0 Å². The first-order chi connectivity index (χ1) is 10.1. The summed E-state index contributed by atoms with van der Waals surface area (Å²) < 4.78 is 3.22. The molecular weight excluding hydrogens is 392 g/mol. The van der Waals surface area contributed by atoms with Crippen LogP contribution in [0.5, 0.6) is 0 Å². The van der Waals surface area contributed by atoms with E-state index in [1.807, 2.05) is 0 Å². The Morgan fingerprint density at radius 3 is 2.48 bits per heavy atom. The van der Waals surface area contributed by atoms with Crippen molar-refractivity contribution in [3.63, 3.8) is 0 Å². The van der Waals surface area contributed by atoms with E-state index in [4.69, 9.17) is 5.10 Å². The predicted molar refractivity (Wildman–Crippen MR) is 96.1 cm³/mol. The van der Waals surface area contributed by atoms with Crippen molar-refractivity contribution in [2.45, 2.75) is 39.2 Å². The van der Waals surface area contributed by atoms with Gasteiger partial charge in [-0.2, -0.15) is 5.10 Å². The Kier molecular flexibility index (Phi) is 6.49. The lowest BCUT2D eigenvalue weighted by molar-refractivity contribution is 0.468. The summed E-state index contributed by atoms with van der Waals surface area (Å²) in [6.07, 6.45) is 5.32. The number of hydrogen-bond donors (Lipinski definition) is 0. The molecule has 2 atom stereocenters. The number of aromatic nitrogens is 2. The van der Waals surface area contributed by atoms with E-state index in [9.17, 15) is 0 Å². The van der Waals surface area contributed by atoms with E-state index < -0.39 is 0 Å². The standard InChI is InChI=1S/C17H22Br2N2/c1-3-13(2)21-9-8-17(20-21)11-15(12-18)10-14-4-6-16(19)7-5-14/h4-9,13,15H,3,10-12H2,1-2H3. The van der Waals surface area contributed by atoms with Gasteiger partial charge in [0, 0.05) is 22.0 Å². The van der Waals surface area contributed by atoms with Crippen LogP contribution in [0.4, 0.5) is 0 Å². The molecule has 21 heavy (non-hydrogen) atoms. The molecule has 2 rings (SSSR count). The maximum absolute atomic E-state index is 4.71. The van der Waals surface area contributed by atoms with Crippen molar-refractivity contribution in [2.75, 3.05) is 5.33 Å². The molecule has 0 spiro atoms. The van der Waals surface area contributed by atoms with Crippen LogP contribution in [0.25, 0.3) is 0 Å². The highest BCUT2D eigenvalue weighted by Crippen LogP contribution is 2.19. The van der Waals surface area contributed by atoms with Gasteiger partial charge in [-0.25, -0.2) is 0 Å². The molecule has 0 aliphatic carbocycles. The fraction of sp³-hybridized carbons (Fsp3) is 0.471. The minimum absolute atomic E-state index is 0.479.